The summed E-state index contributed by atoms with van der Waals surface area (Å²) in [5.74, 6) is 0.914. The Balaban J connectivity index is 1.59. The van der Waals surface area contributed by atoms with Crippen molar-refractivity contribution in [3.05, 3.63) is 65.2 Å². The summed E-state index contributed by atoms with van der Waals surface area (Å²) < 4.78 is 0. The molecule has 0 saturated carbocycles. The van der Waals surface area contributed by atoms with Gasteiger partial charge in [-0.05, 0) is 31.5 Å². The van der Waals surface area contributed by atoms with Crippen LogP contribution in [-0.2, 0) is 15.3 Å². The van der Waals surface area contributed by atoms with Crippen molar-refractivity contribution in [1.82, 2.24) is 10.9 Å². The van der Waals surface area contributed by atoms with Gasteiger partial charge >= 0.3 is 0 Å². The molecule has 25 heavy (non-hydrogen) atoms. The second-order valence-corrected chi connectivity index (χ2v) is 7.71. The lowest BCUT2D eigenvalue weighted by molar-refractivity contribution is -0.126. The van der Waals surface area contributed by atoms with Crippen molar-refractivity contribution >= 4 is 35.3 Å². The average Bonchev–Trinajstić information content (AvgIpc) is 2.61. The van der Waals surface area contributed by atoms with Crippen molar-refractivity contribution in [2.75, 3.05) is 11.5 Å². The summed E-state index contributed by atoms with van der Waals surface area (Å²) in [5, 5.41) is 0. The first kappa shape index (κ1) is 19.4. The quantitative estimate of drug-likeness (QED) is 0.575. The van der Waals surface area contributed by atoms with Crippen molar-refractivity contribution in [2.45, 2.75) is 24.5 Å². The number of hydrazine groups is 1. The number of carbonyl (C=O) groups is 2. The van der Waals surface area contributed by atoms with Gasteiger partial charge in [0.2, 0.25) is 11.8 Å². The molecular weight excluding hydrogens is 352 g/mol. The molecule has 2 rings (SSSR count). The second kappa shape index (κ2) is 10.2. The molecule has 132 valence electrons. The molecule has 0 aromatic heterocycles. The van der Waals surface area contributed by atoms with Crippen molar-refractivity contribution in [2.24, 2.45) is 0 Å². The summed E-state index contributed by atoms with van der Waals surface area (Å²) >= 11 is 2.95. The molecule has 0 radical (unpaired) electrons. The van der Waals surface area contributed by atoms with E-state index in [0.717, 1.165) is 10.6 Å². The molecule has 2 N–H and O–H groups in total. The van der Waals surface area contributed by atoms with Gasteiger partial charge in [-0.3, -0.25) is 20.4 Å². The molecule has 0 unspecified atom stereocenters. The second-order valence-electron chi connectivity index (χ2n) is 5.68. The van der Waals surface area contributed by atoms with Gasteiger partial charge in [-0.15, -0.1) is 23.5 Å². The van der Waals surface area contributed by atoms with Gasteiger partial charge in [-0.25, -0.2) is 0 Å². The first-order valence-corrected chi connectivity index (χ1v) is 10.1. The van der Waals surface area contributed by atoms with Gasteiger partial charge in [0.15, 0.2) is 0 Å². The predicted molar refractivity (Wildman–Crippen MR) is 106 cm³/mol. The number of nitrogens with one attached hydrogen (secondary N) is 2. The molecule has 0 aliphatic heterocycles. The molecule has 0 atom stereocenters. The normalized spacial score (nSPS) is 10.3. The van der Waals surface area contributed by atoms with Crippen molar-refractivity contribution in [3.8, 4) is 0 Å². The molecule has 0 aliphatic carbocycles. The van der Waals surface area contributed by atoms with Gasteiger partial charge in [0, 0.05) is 10.6 Å². The van der Waals surface area contributed by atoms with Crippen LogP contribution in [0.25, 0.3) is 0 Å². The molecule has 4 nitrogen and oxygen atoms in total. The lowest BCUT2D eigenvalue weighted by Crippen LogP contribution is -2.43. The molecule has 0 heterocycles. The zero-order valence-corrected chi connectivity index (χ0v) is 16.0. The van der Waals surface area contributed by atoms with Crippen LogP contribution in [0.15, 0.2) is 53.4 Å². The van der Waals surface area contributed by atoms with E-state index in [4.69, 9.17) is 0 Å². The fourth-order valence-corrected chi connectivity index (χ4v) is 3.43. The van der Waals surface area contributed by atoms with Crippen LogP contribution >= 0.6 is 23.5 Å². The average molecular weight is 375 g/mol. The van der Waals surface area contributed by atoms with E-state index in [0.29, 0.717) is 5.75 Å². The van der Waals surface area contributed by atoms with Gasteiger partial charge in [-0.2, -0.15) is 0 Å². The van der Waals surface area contributed by atoms with Crippen LogP contribution in [0, 0.1) is 13.8 Å². The Labute approximate surface area is 157 Å². The van der Waals surface area contributed by atoms with E-state index in [9.17, 15) is 9.59 Å². The maximum Gasteiger partial charge on any atom is 0.248 e. The Morgan fingerprint density at radius 2 is 1.32 bits per heavy atom. The third kappa shape index (κ3) is 7.67. The molecule has 0 spiro atoms. The van der Waals surface area contributed by atoms with Gasteiger partial charge in [0.1, 0.15) is 0 Å². The number of carbonyl (C=O) groups excluding carboxylic acids is 2. The monoisotopic (exact) mass is 374 g/mol. The van der Waals surface area contributed by atoms with E-state index < -0.39 is 0 Å². The molecule has 0 fully saturated rings. The largest absolute Gasteiger partial charge is 0.272 e. The standard InChI is InChI=1S/C19H22N2O2S2/c1-14-3-7-16(8-4-14)11-24-12-18(22)20-21-19(23)13-25-17-9-5-15(2)6-10-17/h3-10H,11-13H2,1-2H3,(H,20,22)(H,21,23). The maximum absolute atomic E-state index is 11.8. The van der Waals surface area contributed by atoms with E-state index in [-0.39, 0.29) is 17.6 Å². The van der Waals surface area contributed by atoms with Crippen LogP contribution in [0.5, 0.6) is 0 Å². The highest BCUT2D eigenvalue weighted by Gasteiger charge is 2.06. The Morgan fingerprint density at radius 1 is 0.800 bits per heavy atom. The molecule has 6 heteroatoms. The van der Waals surface area contributed by atoms with Crippen molar-refractivity contribution < 1.29 is 9.59 Å². The predicted octanol–water partition coefficient (Wildman–Crippen LogP) is 3.48. The fourth-order valence-electron chi connectivity index (χ4n) is 1.94. The lowest BCUT2D eigenvalue weighted by Gasteiger charge is -2.07. The number of amides is 2. The molecular formula is C19H22N2O2S2. The van der Waals surface area contributed by atoms with Gasteiger partial charge < -0.3 is 0 Å². The maximum atomic E-state index is 11.8. The summed E-state index contributed by atoms with van der Waals surface area (Å²) in [5.41, 5.74) is 8.49. The lowest BCUT2D eigenvalue weighted by atomic mass is 10.2. The number of hydrogen-bond acceptors (Lipinski definition) is 4. The molecule has 2 aromatic rings. The van der Waals surface area contributed by atoms with Crippen molar-refractivity contribution in [1.29, 1.82) is 0 Å². The van der Waals surface area contributed by atoms with Crippen LogP contribution in [0.3, 0.4) is 0 Å². The van der Waals surface area contributed by atoms with Crippen LogP contribution in [0.1, 0.15) is 16.7 Å². The summed E-state index contributed by atoms with van der Waals surface area (Å²) in [6, 6.07) is 16.2. The van der Waals surface area contributed by atoms with Crippen LogP contribution < -0.4 is 10.9 Å². The van der Waals surface area contributed by atoms with Crippen molar-refractivity contribution in [3.63, 3.8) is 0 Å². The smallest absolute Gasteiger partial charge is 0.248 e. The first-order valence-electron chi connectivity index (χ1n) is 7.93. The van der Waals surface area contributed by atoms with E-state index in [1.54, 1.807) is 0 Å². The highest BCUT2D eigenvalue weighted by Crippen LogP contribution is 2.17. The molecule has 2 amide bonds. The first-order chi connectivity index (χ1) is 12.0. The number of rotatable bonds is 7. The zero-order chi connectivity index (χ0) is 18.1. The van der Waals surface area contributed by atoms with E-state index in [2.05, 4.69) is 35.1 Å². The Kier molecular flexibility index (Phi) is 7.88. The molecule has 2 aromatic carbocycles. The van der Waals surface area contributed by atoms with Crippen LogP contribution in [0.4, 0.5) is 0 Å². The minimum atomic E-state index is -0.220. The number of aryl methyl sites for hydroxylation is 2. The summed E-state index contributed by atoms with van der Waals surface area (Å²) in [4.78, 5) is 24.5. The highest BCUT2D eigenvalue weighted by atomic mass is 32.2. The third-order valence-electron chi connectivity index (χ3n) is 3.35. The van der Waals surface area contributed by atoms with Crippen LogP contribution in [0.2, 0.25) is 0 Å². The summed E-state index contributed by atoms with van der Waals surface area (Å²) in [7, 11) is 0. The number of thioether (sulfide) groups is 2. The van der Waals surface area contributed by atoms with Gasteiger partial charge in [0.25, 0.3) is 0 Å². The summed E-state index contributed by atoms with van der Waals surface area (Å²) in [6.07, 6.45) is 0. The third-order valence-corrected chi connectivity index (χ3v) is 5.37. The zero-order valence-electron chi connectivity index (χ0n) is 14.4. The molecule has 0 bridgehead atoms. The van der Waals surface area contributed by atoms with Crippen LogP contribution in [-0.4, -0.2) is 23.3 Å². The highest BCUT2D eigenvalue weighted by molar-refractivity contribution is 8.00. The molecule has 0 saturated heterocycles. The SMILES string of the molecule is Cc1ccc(CSCC(=O)NNC(=O)CSc2ccc(C)cc2)cc1. The summed E-state index contributed by atoms with van der Waals surface area (Å²) in [6.45, 7) is 4.07. The fraction of sp³-hybridized carbons (Fsp3) is 0.263. The Bertz CT molecular complexity index is 700. The topological polar surface area (TPSA) is 58.2 Å². The Morgan fingerprint density at radius 3 is 1.92 bits per heavy atom. The minimum absolute atomic E-state index is 0.203. The van der Waals surface area contributed by atoms with E-state index >= 15 is 0 Å². The Hall–Kier alpha value is -1.92. The molecule has 0 aliphatic rings. The van der Waals surface area contributed by atoms with Gasteiger partial charge in [-0.1, -0.05) is 47.5 Å². The minimum Gasteiger partial charge on any atom is -0.272 e. The van der Waals surface area contributed by atoms with E-state index in [1.165, 1.54) is 40.2 Å². The van der Waals surface area contributed by atoms with Gasteiger partial charge in [0.05, 0.1) is 11.5 Å². The van der Waals surface area contributed by atoms with E-state index in [1.807, 2.05) is 38.1 Å². The number of benzene rings is 2. The number of hydrogen-bond donors (Lipinski definition) is 2.